The molecule has 0 fully saturated rings. The lowest BCUT2D eigenvalue weighted by molar-refractivity contribution is 0.265. The molecule has 0 amide bonds. The molecule has 0 aliphatic heterocycles. The predicted octanol–water partition coefficient (Wildman–Crippen LogP) is 3.21. The molecule has 0 bridgehead atoms. The van der Waals surface area contributed by atoms with E-state index in [0.29, 0.717) is 12.0 Å². The molecule has 0 saturated heterocycles. The van der Waals surface area contributed by atoms with E-state index in [1.807, 2.05) is 23.6 Å². The monoisotopic (exact) mass is 236 g/mol. The van der Waals surface area contributed by atoms with Gasteiger partial charge in [-0.3, -0.25) is 0 Å². The van der Waals surface area contributed by atoms with Crippen LogP contribution in [0.5, 0.6) is 0 Å². The van der Waals surface area contributed by atoms with Crippen LogP contribution in [-0.2, 0) is 6.42 Å². The topological polar surface area (TPSA) is 20.2 Å². The van der Waals surface area contributed by atoms with E-state index < -0.39 is 0 Å². The largest absolute Gasteiger partial charge is 0.396 e. The van der Waals surface area contributed by atoms with Gasteiger partial charge in [0.05, 0.1) is 6.61 Å². The zero-order chi connectivity index (χ0) is 11.4. The van der Waals surface area contributed by atoms with Crippen molar-refractivity contribution in [2.75, 3.05) is 6.61 Å². The minimum atomic E-state index is -0.197. The van der Waals surface area contributed by atoms with E-state index in [1.165, 1.54) is 6.07 Å². The second kappa shape index (κ2) is 5.23. The molecule has 1 nitrogen and oxygen atoms in total. The van der Waals surface area contributed by atoms with Crippen LogP contribution in [0.2, 0.25) is 0 Å². The molecule has 1 unspecified atom stereocenters. The molecule has 84 valence electrons. The zero-order valence-electron chi connectivity index (χ0n) is 8.77. The number of rotatable bonds is 4. The molecule has 0 saturated carbocycles. The van der Waals surface area contributed by atoms with Crippen molar-refractivity contribution in [3.05, 3.63) is 58.0 Å². The van der Waals surface area contributed by atoms with Crippen molar-refractivity contribution in [2.24, 2.45) is 0 Å². The highest BCUT2D eigenvalue weighted by Crippen LogP contribution is 2.25. The molecule has 1 aromatic carbocycles. The van der Waals surface area contributed by atoms with Crippen LogP contribution in [0.1, 0.15) is 16.4 Å². The summed E-state index contributed by atoms with van der Waals surface area (Å²) in [6, 6.07) is 10.7. The Bertz CT molecular complexity index is 439. The first-order valence-corrected chi connectivity index (χ1v) is 6.07. The third kappa shape index (κ3) is 2.49. The molecule has 2 aromatic rings. The number of benzene rings is 1. The fraction of sp³-hybridized carbons (Fsp3) is 0.231. The van der Waals surface area contributed by atoms with Gasteiger partial charge in [0.15, 0.2) is 0 Å². The summed E-state index contributed by atoms with van der Waals surface area (Å²) in [4.78, 5) is 1.10. The average Bonchev–Trinajstić information content (AvgIpc) is 2.81. The molecule has 16 heavy (non-hydrogen) atoms. The first-order valence-electron chi connectivity index (χ1n) is 5.19. The fourth-order valence-corrected chi connectivity index (χ4v) is 2.53. The van der Waals surface area contributed by atoms with E-state index in [2.05, 4.69) is 0 Å². The minimum absolute atomic E-state index is 0.00287. The molecule has 3 heteroatoms. The third-order valence-electron chi connectivity index (χ3n) is 2.59. The molecule has 1 atom stereocenters. The van der Waals surface area contributed by atoms with Crippen molar-refractivity contribution < 1.29 is 9.50 Å². The quantitative estimate of drug-likeness (QED) is 0.864. The van der Waals surface area contributed by atoms with Gasteiger partial charge in [-0.2, -0.15) is 0 Å². The summed E-state index contributed by atoms with van der Waals surface area (Å²) in [5.41, 5.74) is 0.662. The van der Waals surface area contributed by atoms with Crippen LogP contribution in [0.15, 0.2) is 41.8 Å². The van der Waals surface area contributed by atoms with E-state index in [0.717, 1.165) is 4.88 Å². The summed E-state index contributed by atoms with van der Waals surface area (Å²) in [6.45, 7) is 0.0504. The second-order valence-corrected chi connectivity index (χ2v) is 4.67. The number of thiophene rings is 1. The Morgan fingerprint density at radius 1 is 1.19 bits per heavy atom. The zero-order valence-corrected chi connectivity index (χ0v) is 9.58. The molecular weight excluding hydrogens is 223 g/mol. The fourth-order valence-electron chi connectivity index (χ4n) is 1.71. The van der Waals surface area contributed by atoms with Gasteiger partial charge in [-0.15, -0.1) is 11.3 Å². The van der Waals surface area contributed by atoms with Crippen LogP contribution in [0.4, 0.5) is 4.39 Å². The summed E-state index contributed by atoms with van der Waals surface area (Å²) in [7, 11) is 0. The Labute approximate surface area is 98.2 Å². The summed E-state index contributed by atoms with van der Waals surface area (Å²) in [5, 5.41) is 11.3. The van der Waals surface area contributed by atoms with E-state index in [1.54, 1.807) is 23.5 Å². The smallest absolute Gasteiger partial charge is 0.126 e. The van der Waals surface area contributed by atoms with Crippen molar-refractivity contribution in [1.29, 1.82) is 0 Å². The van der Waals surface area contributed by atoms with Crippen molar-refractivity contribution in [3.8, 4) is 0 Å². The summed E-state index contributed by atoms with van der Waals surface area (Å²) < 4.78 is 13.4. The lowest BCUT2D eigenvalue weighted by atomic mass is 9.98. The van der Waals surface area contributed by atoms with Crippen LogP contribution in [0, 0.1) is 5.82 Å². The van der Waals surface area contributed by atoms with Gasteiger partial charge in [0, 0.05) is 10.8 Å². The van der Waals surface area contributed by atoms with Crippen molar-refractivity contribution in [3.63, 3.8) is 0 Å². The van der Waals surface area contributed by atoms with Crippen LogP contribution < -0.4 is 0 Å². The molecule has 1 aromatic heterocycles. The molecule has 0 aliphatic carbocycles. The van der Waals surface area contributed by atoms with Gasteiger partial charge in [0.2, 0.25) is 0 Å². The Kier molecular flexibility index (Phi) is 3.70. The minimum Gasteiger partial charge on any atom is -0.396 e. The summed E-state index contributed by atoms with van der Waals surface area (Å²) in [5.74, 6) is -0.200. The van der Waals surface area contributed by atoms with Crippen LogP contribution in [-0.4, -0.2) is 11.7 Å². The van der Waals surface area contributed by atoms with Gasteiger partial charge in [0.25, 0.3) is 0 Å². The number of aliphatic hydroxyl groups excluding tert-OH is 1. The van der Waals surface area contributed by atoms with Gasteiger partial charge >= 0.3 is 0 Å². The highest BCUT2D eigenvalue weighted by molar-refractivity contribution is 7.10. The first-order chi connectivity index (χ1) is 7.81. The Hall–Kier alpha value is -1.19. The van der Waals surface area contributed by atoms with Crippen LogP contribution >= 0.6 is 11.3 Å². The SMILES string of the molecule is OCC(Cc1ccccc1F)c1cccs1. The molecule has 0 radical (unpaired) electrons. The number of halogens is 1. The normalized spacial score (nSPS) is 12.6. The van der Waals surface area contributed by atoms with E-state index in [4.69, 9.17) is 0 Å². The highest BCUT2D eigenvalue weighted by atomic mass is 32.1. The standard InChI is InChI=1S/C13H13FOS/c14-12-5-2-1-4-10(12)8-11(9-15)13-6-3-7-16-13/h1-7,11,15H,8-9H2. The average molecular weight is 236 g/mol. The van der Waals surface area contributed by atoms with Crippen molar-refractivity contribution in [1.82, 2.24) is 0 Å². The van der Waals surface area contributed by atoms with Crippen LogP contribution in [0.3, 0.4) is 0 Å². The first kappa shape index (κ1) is 11.3. The lowest BCUT2D eigenvalue weighted by Crippen LogP contribution is -2.07. The molecule has 1 N–H and O–H groups in total. The maximum absolute atomic E-state index is 13.4. The maximum atomic E-state index is 13.4. The van der Waals surface area contributed by atoms with E-state index >= 15 is 0 Å². The number of hydrogen-bond acceptors (Lipinski definition) is 2. The van der Waals surface area contributed by atoms with Crippen molar-refractivity contribution >= 4 is 11.3 Å². The highest BCUT2D eigenvalue weighted by Gasteiger charge is 2.14. The summed E-state index contributed by atoms with van der Waals surface area (Å²) in [6.07, 6.45) is 0.545. The van der Waals surface area contributed by atoms with Gasteiger partial charge in [0.1, 0.15) is 5.82 Å². The molecule has 0 aliphatic rings. The molecular formula is C13H13FOS. The Morgan fingerprint density at radius 2 is 2.00 bits per heavy atom. The third-order valence-corrected chi connectivity index (χ3v) is 3.62. The van der Waals surface area contributed by atoms with Gasteiger partial charge in [-0.05, 0) is 29.5 Å². The maximum Gasteiger partial charge on any atom is 0.126 e. The van der Waals surface area contributed by atoms with Gasteiger partial charge in [-0.1, -0.05) is 24.3 Å². The second-order valence-electron chi connectivity index (χ2n) is 3.69. The lowest BCUT2D eigenvalue weighted by Gasteiger charge is -2.12. The summed E-state index contributed by atoms with van der Waals surface area (Å²) >= 11 is 1.60. The van der Waals surface area contributed by atoms with Crippen molar-refractivity contribution in [2.45, 2.75) is 12.3 Å². The number of hydrogen-bond donors (Lipinski definition) is 1. The van der Waals surface area contributed by atoms with E-state index in [-0.39, 0.29) is 18.3 Å². The Balaban J connectivity index is 2.17. The molecule has 0 spiro atoms. The molecule has 1 heterocycles. The molecule has 2 rings (SSSR count). The van der Waals surface area contributed by atoms with E-state index in [9.17, 15) is 9.50 Å². The Morgan fingerprint density at radius 3 is 2.62 bits per heavy atom. The number of aliphatic hydroxyl groups is 1. The van der Waals surface area contributed by atoms with Crippen LogP contribution in [0.25, 0.3) is 0 Å². The van der Waals surface area contributed by atoms with Gasteiger partial charge in [-0.25, -0.2) is 4.39 Å². The van der Waals surface area contributed by atoms with Gasteiger partial charge < -0.3 is 5.11 Å². The predicted molar refractivity (Wildman–Crippen MR) is 64.2 cm³/mol.